The maximum Gasteiger partial charge on any atom is 0.418 e. The molecule has 1 N–H and O–H groups in total. The second-order valence-electron chi connectivity index (χ2n) is 4.13. The standard InChI is InChI=1S/C11H7F3N4O3S/c1-5-9(22-17-16-5)10(19)15-8-3-2-6(18(20)21)4-7(8)11(12,13)14/h2-4H,1H3,(H,15,19). The average molecular weight is 332 g/mol. The van der Waals surface area contributed by atoms with Gasteiger partial charge in [-0.1, -0.05) is 4.49 Å². The topological polar surface area (TPSA) is 98.0 Å². The molecule has 116 valence electrons. The molecular weight excluding hydrogens is 325 g/mol. The van der Waals surface area contributed by atoms with Gasteiger partial charge in [-0.3, -0.25) is 14.9 Å². The molecule has 0 atom stereocenters. The molecule has 1 amide bonds. The number of nitro groups is 1. The van der Waals surface area contributed by atoms with Gasteiger partial charge in [0.2, 0.25) is 0 Å². The number of benzene rings is 1. The lowest BCUT2D eigenvalue weighted by atomic mass is 10.1. The Kier molecular flexibility index (Phi) is 4.08. The largest absolute Gasteiger partial charge is 0.418 e. The van der Waals surface area contributed by atoms with Crippen molar-refractivity contribution in [2.24, 2.45) is 0 Å². The zero-order valence-electron chi connectivity index (χ0n) is 10.8. The Morgan fingerprint density at radius 3 is 2.59 bits per heavy atom. The third-order valence-electron chi connectivity index (χ3n) is 2.63. The maximum atomic E-state index is 13.0. The Balaban J connectivity index is 2.40. The van der Waals surface area contributed by atoms with Crippen molar-refractivity contribution in [3.05, 3.63) is 44.4 Å². The van der Waals surface area contributed by atoms with Crippen LogP contribution in [0.5, 0.6) is 0 Å². The molecule has 7 nitrogen and oxygen atoms in total. The number of hydrogen-bond donors (Lipinski definition) is 1. The molecule has 0 spiro atoms. The fourth-order valence-electron chi connectivity index (χ4n) is 1.61. The number of amides is 1. The number of halogens is 3. The van der Waals surface area contributed by atoms with Crippen LogP contribution in [-0.4, -0.2) is 20.4 Å². The number of nitrogens with zero attached hydrogens (tertiary/aromatic N) is 3. The molecule has 0 aliphatic heterocycles. The van der Waals surface area contributed by atoms with Gasteiger partial charge in [-0.05, 0) is 24.5 Å². The van der Waals surface area contributed by atoms with E-state index < -0.39 is 33.9 Å². The summed E-state index contributed by atoms with van der Waals surface area (Å²) in [5.74, 6) is -0.813. The summed E-state index contributed by atoms with van der Waals surface area (Å²) in [4.78, 5) is 21.6. The number of hydrogen-bond acceptors (Lipinski definition) is 6. The van der Waals surface area contributed by atoms with Crippen LogP contribution < -0.4 is 5.32 Å². The van der Waals surface area contributed by atoms with Crippen molar-refractivity contribution in [3.63, 3.8) is 0 Å². The molecule has 1 heterocycles. The smallest absolute Gasteiger partial charge is 0.321 e. The molecule has 0 unspecified atom stereocenters. The molecule has 11 heteroatoms. The molecule has 2 aromatic rings. The normalized spacial score (nSPS) is 11.3. The highest BCUT2D eigenvalue weighted by Crippen LogP contribution is 2.37. The van der Waals surface area contributed by atoms with Crippen molar-refractivity contribution in [1.82, 2.24) is 9.59 Å². The summed E-state index contributed by atoms with van der Waals surface area (Å²) in [6.07, 6.45) is -4.85. The monoisotopic (exact) mass is 332 g/mol. The van der Waals surface area contributed by atoms with Gasteiger partial charge in [0.05, 0.1) is 21.9 Å². The summed E-state index contributed by atoms with van der Waals surface area (Å²) in [6.45, 7) is 1.49. The Bertz CT molecular complexity index is 744. The van der Waals surface area contributed by atoms with E-state index in [0.29, 0.717) is 6.07 Å². The highest BCUT2D eigenvalue weighted by molar-refractivity contribution is 7.08. The Morgan fingerprint density at radius 2 is 2.09 bits per heavy atom. The number of nitro benzene ring substituents is 1. The second-order valence-corrected chi connectivity index (χ2v) is 4.88. The summed E-state index contributed by atoms with van der Waals surface area (Å²) >= 11 is 0.736. The number of aryl methyl sites for hydroxylation is 1. The zero-order chi connectivity index (χ0) is 16.5. The summed E-state index contributed by atoms with van der Waals surface area (Å²) in [5, 5.41) is 16.2. The number of aromatic nitrogens is 2. The van der Waals surface area contributed by atoms with Crippen LogP contribution >= 0.6 is 11.5 Å². The third-order valence-corrected chi connectivity index (χ3v) is 3.45. The first-order valence-corrected chi connectivity index (χ1v) is 6.43. The second kappa shape index (κ2) is 5.67. The van der Waals surface area contributed by atoms with Crippen LogP contribution in [0.15, 0.2) is 18.2 Å². The molecule has 0 saturated carbocycles. The van der Waals surface area contributed by atoms with Crippen LogP contribution in [0.1, 0.15) is 20.9 Å². The van der Waals surface area contributed by atoms with Gasteiger partial charge < -0.3 is 5.32 Å². The maximum absolute atomic E-state index is 13.0. The molecule has 0 aliphatic carbocycles. The van der Waals surface area contributed by atoms with Crippen molar-refractivity contribution in [2.45, 2.75) is 13.1 Å². The van der Waals surface area contributed by atoms with E-state index in [-0.39, 0.29) is 10.6 Å². The number of non-ortho nitro benzene ring substituents is 1. The first-order valence-electron chi connectivity index (χ1n) is 5.66. The van der Waals surface area contributed by atoms with Gasteiger partial charge in [-0.2, -0.15) is 13.2 Å². The molecule has 0 radical (unpaired) electrons. The molecule has 1 aromatic heterocycles. The van der Waals surface area contributed by atoms with Crippen LogP contribution in [0.4, 0.5) is 24.5 Å². The predicted molar refractivity (Wildman–Crippen MR) is 70.7 cm³/mol. The van der Waals surface area contributed by atoms with E-state index in [1.54, 1.807) is 0 Å². The zero-order valence-corrected chi connectivity index (χ0v) is 11.7. The van der Waals surface area contributed by atoms with Crippen LogP contribution in [0.2, 0.25) is 0 Å². The van der Waals surface area contributed by atoms with Crippen LogP contribution in [0.25, 0.3) is 0 Å². The van der Waals surface area contributed by atoms with E-state index in [0.717, 1.165) is 23.7 Å². The van der Waals surface area contributed by atoms with Crippen LogP contribution in [-0.2, 0) is 6.18 Å². The highest BCUT2D eigenvalue weighted by atomic mass is 32.1. The van der Waals surface area contributed by atoms with Gasteiger partial charge in [-0.25, -0.2) is 0 Å². The van der Waals surface area contributed by atoms with Crippen LogP contribution in [0.3, 0.4) is 0 Å². The summed E-state index contributed by atoms with van der Waals surface area (Å²) in [7, 11) is 0. The number of rotatable bonds is 3. The molecule has 0 bridgehead atoms. The lowest BCUT2D eigenvalue weighted by Gasteiger charge is -2.13. The molecule has 22 heavy (non-hydrogen) atoms. The third kappa shape index (κ3) is 3.19. The van der Waals surface area contributed by atoms with Crippen LogP contribution in [0, 0.1) is 17.0 Å². The number of alkyl halides is 3. The van der Waals surface area contributed by atoms with Gasteiger partial charge in [0, 0.05) is 12.1 Å². The minimum atomic E-state index is -4.85. The van der Waals surface area contributed by atoms with E-state index in [1.807, 2.05) is 0 Å². The lowest BCUT2D eigenvalue weighted by molar-refractivity contribution is -0.385. The molecule has 2 rings (SSSR count). The van der Waals surface area contributed by atoms with Gasteiger partial charge in [-0.15, -0.1) is 5.10 Å². The van der Waals surface area contributed by atoms with Crippen molar-refractivity contribution in [1.29, 1.82) is 0 Å². The molecule has 0 aliphatic rings. The summed E-state index contributed by atoms with van der Waals surface area (Å²) in [5.41, 5.74) is -2.32. The van der Waals surface area contributed by atoms with Crippen molar-refractivity contribution < 1.29 is 22.9 Å². The summed E-state index contributed by atoms with van der Waals surface area (Å²) in [6, 6.07) is 2.08. The number of carbonyl (C=O) groups excluding carboxylic acids is 1. The Morgan fingerprint density at radius 1 is 1.41 bits per heavy atom. The molecular formula is C11H7F3N4O3S. The van der Waals surface area contributed by atoms with Gasteiger partial charge in [0.1, 0.15) is 4.88 Å². The van der Waals surface area contributed by atoms with Crippen molar-refractivity contribution in [3.8, 4) is 0 Å². The number of anilines is 1. The SMILES string of the molecule is Cc1nnsc1C(=O)Nc1ccc([N+](=O)[O-])cc1C(F)(F)F. The Labute approximate surface area is 125 Å². The fraction of sp³-hybridized carbons (Fsp3) is 0.182. The van der Waals surface area contributed by atoms with E-state index in [9.17, 15) is 28.1 Å². The molecule has 1 aromatic carbocycles. The van der Waals surface area contributed by atoms with Gasteiger partial charge >= 0.3 is 6.18 Å². The molecule has 0 fully saturated rings. The highest BCUT2D eigenvalue weighted by Gasteiger charge is 2.36. The predicted octanol–water partition coefficient (Wildman–Crippen LogP) is 3.03. The average Bonchev–Trinajstić information content (AvgIpc) is 2.84. The minimum Gasteiger partial charge on any atom is -0.321 e. The molecule has 0 saturated heterocycles. The van der Waals surface area contributed by atoms with Crippen molar-refractivity contribution in [2.75, 3.05) is 5.32 Å². The van der Waals surface area contributed by atoms with E-state index in [4.69, 9.17) is 0 Å². The van der Waals surface area contributed by atoms with Crippen molar-refractivity contribution >= 4 is 28.8 Å². The lowest BCUT2D eigenvalue weighted by Crippen LogP contribution is -2.16. The first kappa shape index (κ1) is 15.8. The first-order chi connectivity index (χ1) is 10.2. The minimum absolute atomic E-state index is 0.0616. The fourth-order valence-corrected chi connectivity index (χ4v) is 2.16. The quantitative estimate of drug-likeness (QED) is 0.688. The van der Waals surface area contributed by atoms with E-state index in [2.05, 4.69) is 14.9 Å². The van der Waals surface area contributed by atoms with Gasteiger partial charge in [0.25, 0.3) is 11.6 Å². The summed E-state index contributed by atoms with van der Waals surface area (Å²) < 4.78 is 42.4. The number of carbonyl (C=O) groups is 1. The number of nitrogens with one attached hydrogen (secondary N) is 1. The Hall–Kier alpha value is -2.56. The van der Waals surface area contributed by atoms with E-state index in [1.165, 1.54) is 6.92 Å². The van der Waals surface area contributed by atoms with E-state index >= 15 is 0 Å². The van der Waals surface area contributed by atoms with Gasteiger partial charge in [0.15, 0.2) is 0 Å².